The van der Waals surface area contributed by atoms with Gasteiger partial charge in [-0.2, -0.15) is 5.10 Å². The first-order valence-corrected chi connectivity index (χ1v) is 7.89. The highest BCUT2D eigenvalue weighted by Crippen LogP contribution is 2.30. The summed E-state index contributed by atoms with van der Waals surface area (Å²) < 4.78 is 1.83. The molecule has 3 heterocycles. The number of fused-ring (bicyclic) bond motifs is 1. The monoisotopic (exact) mass is 302 g/mol. The highest BCUT2D eigenvalue weighted by Gasteiger charge is 2.30. The Labute approximate surface area is 129 Å². The van der Waals surface area contributed by atoms with Crippen LogP contribution in [0.1, 0.15) is 37.8 Å². The van der Waals surface area contributed by atoms with Crippen LogP contribution >= 0.6 is 0 Å². The van der Waals surface area contributed by atoms with Crippen LogP contribution in [0.4, 0.5) is 0 Å². The third-order valence-electron chi connectivity index (χ3n) is 4.13. The summed E-state index contributed by atoms with van der Waals surface area (Å²) in [6.07, 6.45) is 5.80. The van der Waals surface area contributed by atoms with E-state index < -0.39 is 0 Å². The molecule has 0 bridgehead atoms. The molecule has 3 rings (SSSR count). The van der Waals surface area contributed by atoms with Crippen molar-refractivity contribution in [3.05, 3.63) is 18.1 Å². The topological polar surface area (TPSA) is 89.9 Å². The lowest BCUT2D eigenvalue weighted by atomic mass is 10.0. The summed E-state index contributed by atoms with van der Waals surface area (Å²) in [6, 6.07) is 0. The highest BCUT2D eigenvalue weighted by atomic mass is 16.2. The van der Waals surface area contributed by atoms with Gasteiger partial charge in [0.1, 0.15) is 5.52 Å². The molecule has 2 aromatic heterocycles. The number of carbonyl (C=O) groups excluding carboxylic acids is 1. The van der Waals surface area contributed by atoms with Crippen molar-refractivity contribution < 1.29 is 4.79 Å². The van der Waals surface area contributed by atoms with Crippen LogP contribution in [0.5, 0.6) is 0 Å². The Morgan fingerprint density at radius 3 is 3.00 bits per heavy atom. The van der Waals surface area contributed by atoms with E-state index in [1.165, 1.54) is 0 Å². The number of hydrogen-bond donors (Lipinski definition) is 1. The molecule has 1 saturated heterocycles. The Balaban J connectivity index is 1.86. The zero-order valence-corrected chi connectivity index (χ0v) is 12.9. The van der Waals surface area contributed by atoms with E-state index in [0.717, 1.165) is 42.8 Å². The average molecular weight is 302 g/mol. The number of hydrogen-bond acceptors (Lipinski definition) is 5. The van der Waals surface area contributed by atoms with E-state index in [0.29, 0.717) is 19.5 Å². The van der Waals surface area contributed by atoms with Crippen LogP contribution in [0.2, 0.25) is 0 Å². The van der Waals surface area contributed by atoms with Gasteiger partial charge in [0.15, 0.2) is 5.65 Å². The fraction of sp³-hybridized carbons (Fsp3) is 0.600. The molecule has 0 spiro atoms. The number of carbonyl (C=O) groups is 1. The molecule has 0 saturated carbocycles. The van der Waals surface area contributed by atoms with Gasteiger partial charge in [-0.15, -0.1) is 0 Å². The summed E-state index contributed by atoms with van der Waals surface area (Å²) in [7, 11) is 0. The van der Waals surface area contributed by atoms with Crippen LogP contribution in [0.25, 0.3) is 11.2 Å². The van der Waals surface area contributed by atoms with Crippen molar-refractivity contribution in [3.8, 4) is 0 Å². The maximum Gasteiger partial charge on any atom is 0.222 e. The molecule has 7 nitrogen and oxygen atoms in total. The third-order valence-corrected chi connectivity index (χ3v) is 4.13. The molecule has 2 aromatic rings. The van der Waals surface area contributed by atoms with E-state index in [2.05, 4.69) is 15.1 Å². The Bertz CT molecular complexity index is 667. The lowest BCUT2D eigenvalue weighted by molar-refractivity contribution is -0.130. The molecule has 0 aromatic carbocycles. The fourth-order valence-electron chi connectivity index (χ4n) is 3.06. The SMILES string of the molecule is CCCC(=O)N1CC[C@@H](c2nn(CCN)c3nccnc23)C1. The smallest absolute Gasteiger partial charge is 0.222 e. The van der Waals surface area contributed by atoms with Crippen molar-refractivity contribution in [2.75, 3.05) is 19.6 Å². The molecule has 1 atom stereocenters. The van der Waals surface area contributed by atoms with Gasteiger partial charge >= 0.3 is 0 Å². The Kier molecular flexibility index (Phi) is 4.33. The average Bonchev–Trinajstić information content (AvgIpc) is 3.13. The van der Waals surface area contributed by atoms with E-state index in [1.54, 1.807) is 12.4 Å². The first-order valence-electron chi connectivity index (χ1n) is 7.89. The van der Waals surface area contributed by atoms with Crippen molar-refractivity contribution in [1.82, 2.24) is 24.6 Å². The summed E-state index contributed by atoms with van der Waals surface area (Å²) in [5.41, 5.74) is 8.21. The van der Waals surface area contributed by atoms with E-state index in [4.69, 9.17) is 5.73 Å². The lowest BCUT2D eigenvalue weighted by Gasteiger charge is -2.15. The summed E-state index contributed by atoms with van der Waals surface area (Å²) in [5, 5.41) is 4.67. The zero-order chi connectivity index (χ0) is 15.5. The van der Waals surface area contributed by atoms with Gasteiger partial charge in [0.05, 0.1) is 12.2 Å². The molecular weight excluding hydrogens is 280 g/mol. The second-order valence-electron chi connectivity index (χ2n) is 5.70. The highest BCUT2D eigenvalue weighted by molar-refractivity contribution is 5.77. The van der Waals surface area contributed by atoms with Gasteiger partial charge < -0.3 is 10.6 Å². The minimum Gasteiger partial charge on any atom is -0.342 e. The number of nitrogens with two attached hydrogens (primary N) is 1. The van der Waals surface area contributed by atoms with Crippen LogP contribution < -0.4 is 5.73 Å². The minimum absolute atomic E-state index is 0.235. The van der Waals surface area contributed by atoms with Gasteiger partial charge in [-0.3, -0.25) is 4.79 Å². The van der Waals surface area contributed by atoms with Crippen molar-refractivity contribution in [2.24, 2.45) is 5.73 Å². The van der Waals surface area contributed by atoms with Crippen LogP contribution in [0, 0.1) is 0 Å². The summed E-state index contributed by atoms with van der Waals surface area (Å²) in [5.74, 6) is 0.473. The summed E-state index contributed by atoms with van der Waals surface area (Å²) >= 11 is 0. The molecule has 22 heavy (non-hydrogen) atoms. The number of rotatable bonds is 5. The molecule has 1 amide bonds. The molecule has 7 heteroatoms. The fourth-order valence-corrected chi connectivity index (χ4v) is 3.06. The van der Waals surface area contributed by atoms with Crippen LogP contribution in [0.15, 0.2) is 12.4 Å². The van der Waals surface area contributed by atoms with Crippen LogP contribution in [-0.2, 0) is 11.3 Å². The molecule has 0 aliphatic carbocycles. The van der Waals surface area contributed by atoms with Crippen molar-refractivity contribution in [3.63, 3.8) is 0 Å². The molecule has 1 aliphatic heterocycles. The van der Waals surface area contributed by atoms with Crippen LogP contribution in [0.3, 0.4) is 0 Å². The van der Waals surface area contributed by atoms with E-state index in [-0.39, 0.29) is 11.8 Å². The van der Waals surface area contributed by atoms with Crippen LogP contribution in [-0.4, -0.2) is 50.2 Å². The van der Waals surface area contributed by atoms with Gasteiger partial charge in [0.25, 0.3) is 0 Å². The van der Waals surface area contributed by atoms with E-state index in [1.807, 2.05) is 16.5 Å². The third kappa shape index (κ3) is 2.68. The van der Waals surface area contributed by atoms with Crippen molar-refractivity contribution in [2.45, 2.75) is 38.6 Å². The quantitative estimate of drug-likeness (QED) is 0.886. The molecule has 1 aliphatic rings. The predicted molar refractivity (Wildman–Crippen MR) is 83.2 cm³/mol. The summed E-state index contributed by atoms with van der Waals surface area (Å²) in [4.78, 5) is 22.8. The first kappa shape index (κ1) is 14.9. The second-order valence-corrected chi connectivity index (χ2v) is 5.70. The largest absolute Gasteiger partial charge is 0.342 e. The van der Waals surface area contributed by atoms with E-state index >= 15 is 0 Å². The number of nitrogens with zero attached hydrogens (tertiary/aromatic N) is 5. The Morgan fingerprint density at radius 2 is 2.23 bits per heavy atom. The van der Waals surface area contributed by atoms with Gasteiger partial charge in [0.2, 0.25) is 5.91 Å². The molecule has 1 fully saturated rings. The van der Waals surface area contributed by atoms with Crippen molar-refractivity contribution in [1.29, 1.82) is 0 Å². The van der Waals surface area contributed by atoms with Gasteiger partial charge in [-0.05, 0) is 12.8 Å². The Morgan fingerprint density at radius 1 is 1.41 bits per heavy atom. The molecular formula is C15H22N6O. The van der Waals surface area contributed by atoms with Gasteiger partial charge in [-0.1, -0.05) is 6.92 Å². The minimum atomic E-state index is 0.235. The summed E-state index contributed by atoms with van der Waals surface area (Å²) in [6.45, 7) is 4.70. The first-order chi connectivity index (χ1) is 10.7. The standard InChI is InChI=1S/C15H22N6O/c1-2-3-12(22)20-8-4-11(10-20)13-14-15(18-7-6-17-14)21(19-13)9-5-16/h6-7,11H,2-5,8-10,16H2,1H3/t11-/m1/s1. The van der Waals surface area contributed by atoms with Crippen molar-refractivity contribution >= 4 is 17.1 Å². The van der Waals surface area contributed by atoms with E-state index in [9.17, 15) is 4.79 Å². The molecule has 118 valence electrons. The Hall–Kier alpha value is -2.02. The predicted octanol–water partition coefficient (Wildman–Crippen LogP) is 0.901. The maximum atomic E-state index is 12.0. The molecule has 2 N–H and O–H groups in total. The zero-order valence-electron chi connectivity index (χ0n) is 12.9. The lowest BCUT2D eigenvalue weighted by Crippen LogP contribution is -2.28. The second kappa shape index (κ2) is 6.39. The number of likely N-dealkylation sites (tertiary alicyclic amines) is 1. The molecule has 0 unspecified atom stereocenters. The number of aromatic nitrogens is 4. The normalized spacial score (nSPS) is 18.3. The van der Waals surface area contributed by atoms with Gasteiger partial charge in [0, 0.05) is 44.4 Å². The van der Waals surface area contributed by atoms with Gasteiger partial charge in [-0.25, -0.2) is 14.6 Å². The maximum absolute atomic E-state index is 12.0. The number of amides is 1. The molecule has 0 radical (unpaired) electrons.